The number of benzene rings is 1. The molecular weight excluding hydrogens is 252 g/mol. The van der Waals surface area contributed by atoms with Gasteiger partial charge in [0.2, 0.25) is 10.0 Å². The molecule has 0 spiro atoms. The molecule has 0 radical (unpaired) electrons. The first kappa shape index (κ1) is 15.1. The smallest absolute Gasteiger partial charge is 0.238 e. The zero-order chi connectivity index (χ0) is 13.6. The third-order valence-corrected chi connectivity index (χ3v) is 3.59. The van der Waals surface area contributed by atoms with Crippen LogP contribution in [-0.2, 0) is 21.3 Å². The molecule has 1 atom stereocenters. The maximum absolute atomic E-state index is 11.1. The summed E-state index contributed by atoms with van der Waals surface area (Å²) in [6.45, 7) is 3.49. The van der Waals surface area contributed by atoms with Crippen LogP contribution < -0.4 is 10.5 Å². The quantitative estimate of drug-likeness (QED) is 0.771. The van der Waals surface area contributed by atoms with Gasteiger partial charge in [-0.3, -0.25) is 0 Å². The topological polar surface area (TPSA) is 81.4 Å². The number of ether oxygens (including phenoxy) is 1. The SMILES string of the molecule is COCCC(C)NCc1ccc(S(N)(=O)=O)cc1. The van der Waals surface area contributed by atoms with E-state index in [1.807, 2.05) is 0 Å². The van der Waals surface area contributed by atoms with Crippen LogP contribution in [-0.4, -0.2) is 28.2 Å². The highest BCUT2D eigenvalue weighted by Crippen LogP contribution is 2.08. The number of methoxy groups -OCH3 is 1. The molecule has 1 unspecified atom stereocenters. The van der Waals surface area contributed by atoms with Gasteiger partial charge in [-0.05, 0) is 31.0 Å². The van der Waals surface area contributed by atoms with Crippen molar-refractivity contribution >= 4 is 10.0 Å². The van der Waals surface area contributed by atoms with Crippen molar-refractivity contribution in [1.29, 1.82) is 0 Å². The Kier molecular flexibility index (Phi) is 5.74. The molecule has 1 rings (SSSR count). The van der Waals surface area contributed by atoms with Crippen molar-refractivity contribution in [3.8, 4) is 0 Å². The van der Waals surface area contributed by atoms with E-state index < -0.39 is 10.0 Å². The van der Waals surface area contributed by atoms with Gasteiger partial charge in [-0.25, -0.2) is 13.6 Å². The number of nitrogens with two attached hydrogens (primary N) is 1. The monoisotopic (exact) mass is 272 g/mol. The molecule has 0 saturated heterocycles. The molecule has 0 aromatic heterocycles. The van der Waals surface area contributed by atoms with Crippen LogP contribution >= 0.6 is 0 Å². The summed E-state index contributed by atoms with van der Waals surface area (Å²) in [5.74, 6) is 0. The van der Waals surface area contributed by atoms with Gasteiger partial charge in [-0.2, -0.15) is 0 Å². The number of nitrogens with one attached hydrogen (secondary N) is 1. The van der Waals surface area contributed by atoms with Crippen molar-refractivity contribution in [2.45, 2.75) is 30.8 Å². The normalized spacial score (nSPS) is 13.5. The maximum Gasteiger partial charge on any atom is 0.238 e. The second-order valence-electron chi connectivity index (χ2n) is 4.25. The Labute approximate surface area is 108 Å². The minimum atomic E-state index is -3.60. The minimum absolute atomic E-state index is 0.138. The number of rotatable bonds is 7. The molecule has 3 N–H and O–H groups in total. The Morgan fingerprint density at radius 3 is 2.44 bits per heavy atom. The first-order valence-electron chi connectivity index (χ1n) is 5.77. The zero-order valence-electron chi connectivity index (χ0n) is 10.7. The van der Waals surface area contributed by atoms with E-state index in [4.69, 9.17) is 9.88 Å². The van der Waals surface area contributed by atoms with Crippen molar-refractivity contribution in [2.75, 3.05) is 13.7 Å². The third-order valence-electron chi connectivity index (χ3n) is 2.66. The van der Waals surface area contributed by atoms with Gasteiger partial charge in [0.15, 0.2) is 0 Å². The fourth-order valence-corrected chi connectivity index (χ4v) is 2.00. The first-order chi connectivity index (χ1) is 8.43. The molecule has 6 heteroatoms. The van der Waals surface area contributed by atoms with Crippen LogP contribution in [0.2, 0.25) is 0 Å². The molecule has 5 nitrogen and oxygen atoms in total. The summed E-state index contributed by atoms with van der Waals surface area (Å²) < 4.78 is 27.2. The van der Waals surface area contributed by atoms with Crippen molar-refractivity contribution < 1.29 is 13.2 Å². The molecule has 0 bridgehead atoms. The largest absolute Gasteiger partial charge is 0.385 e. The van der Waals surface area contributed by atoms with Crippen molar-refractivity contribution in [3.05, 3.63) is 29.8 Å². The van der Waals surface area contributed by atoms with Crippen LogP contribution in [0.25, 0.3) is 0 Å². The summed E-state index contributed by atoms with van der Waals surface area (Å²) in [7, 11) is -1.92. The van der Waals surface area contributed by atoms with Gasteiger partial charge in [0, 0.05) is 26.3 Å². The molecule has 0 heterocycles. The van der Waals surface area contributed by atoms with E-state index in [9.17, 15) is 8.42 Å². The molecule has 0 aliphatic heterocycles. The number of sulfonamides is 1. The molecule has 0 fully saturated rings. The zero-order valence-corrected chi connectivity index (χ0v) is 11.5. The Morgan fingerprint density at radius 1 is 1.33 bits per heavy atom. The summed E-state index contributed by atoms with van der Waals surface area (Å²) in [6, 6.07) is 6.91. The van der Waals surface area contributed by atoms with E-state index in [0.29, 0.717) is 12.6 Å². The van der Waals surface area contributed by atoms with Crippen molar-refractivity contribution in [3.63, 3.8) is 0 Å². The highest BCUT2D eigenvalue weighted by atomic mass is 32.2. The lowest BCUT2D eigenvalue weighted by Gasteiger charge is -2.13. The molecule has 1 aromatic carbocycles. The van der Waals surface area contributed by atoms with Crippen LogP contribution in [0.5, 0.6) is 0 Å². The lowest BCUT2D eigenvalue weighted by Crippen LogP contribution is -2.26. The lowest BCUT2D eigenvalue weighted by molar-refractivity contribution is 0.184. The maximum atomic E-state index is 11.1. The van der Waals surface area contributed by atoms with Gasteiger partial charge in [-0.15, -0.1) is 0 Å². The number of primary sulfonamides is 1. The van der Waals surface area contributed by atoms with Crippen LogP contribution in [0.3, 0.4) is 0 Å². The summed E-state index contributed by atoms with van der Waals surface area (Å²) in [6.07, 6.45) is 0.936. The third kappa shape index (κ3) is 5.14. The number of hydrogen-bond acceptors (Lipinski definition) is 4. The van der Waals surface area contributed by atoms with Crippen LogP contribution in [0, 0.1) is 0 Å². The molecule has 0 amide bonds. The predicted octanol–water partition coefficient (Wildman–Crippen LogP) is 0.849. The fraction of sp³-hybridized carbons (Fsp3) is 0.500. The summed E-state index contributed by atoms with van der Waals surface area (Å²) >= 11 is 0. The van der Waals surface area contributed by atoms with Crippen molar-refractivity contribution in [2.24, 2.45) is 5.14 Å². The molecular formula is C12H20N2O3S. The highest BCUT2D eigenvalue weighted by molar-refractivity contribution is 7.89. The predicted molar refractivity (Wildman–Crippen MR) is 70.6 cm³/mol. The van der Waals surface area contributed by atoms with E-state index in [0.717, 1.165) is 18.6 Å². The van der Waals surface area contributed by atoms with Gasteiger partial charge in [0.1, 0.15) is 0 Å². The van der Waals surface area contributed by atoms with E-state index in [2.05, 4.69) is 12.2 Å². The van der Waals surface area contributed by atoms with E-state index in [-0.39, 0.29) is 4.90 Å². The molecule has 18 heavy (non-hydrogen) atoms. The Bertz CT molecular complexity index is 457. The second kappa shape index (κ2) is 6.84. The van der Waals surface area contributed by atoms with Crippen LogP contribution in [0.1, 0.15) is 18.9 Å². The standard InChI is InChI=1S/C12H20N2O3S/c1-10(7-8-17-2)14-9-11-3-5-12(6-4-11)18(13,15)16/h3-6,10,14H,7-9H2,1-2H3,(H2,13,15,16). The Hall–Kier alpha value is -0.950. The average Bonchev–Trinajstić information content (AvgIpc) is 2.33. The second-order valence-corrected chi connectivity index (χ2v) is 5.81. The average molecular weight is 272 g/mol. The Morgan fingerprint density at radius 2 is 1.94 bits per heavy atom. The van der Waals surface area contributed by atoms with Gasteiger partial charge < -0.3 is 10.1 Å². The van der Waals surface area contributed by atoms with Gasteiger partial charge in [-0.1, -0.05) is 12.1 Å². The van der Waals surface area contributed by atoms with E-state index in [1.54, 1.807) is 19.2 Å². The van der Waals surface area contributed by atoms with Gasteiger partial charge in [0.25, 0.3) is 0 Å². The fourth-order valence-electron chi connectivity index (χ4n) is 1.49. The van der Waals surface area contributed by atoms with Crippen LogP contribution in [0.4, 0.5) is 0 Å². The first-order valence-corrected chi connectivity index (χ1v) is 7.32. The summed E-state index contributed by atoms with van der Waals surface area (Å²) in [5, 5.41) is 8.36. The number of hydrogen-bond donors (Lipinski definition) is 2. The molecule has 0 saturated carbocycles. The van der Waals surface area contributed by atoms with Gasteiger partial charge >= 0.3 is 0 Å². The molecule has 0 aliphatic carbocycles. The lowest BCUT2D eigenvalue weighted by atomic mass is 10.2. The van der Waals surface area contributed by atoms with Crippen LogP contribution in [0.15, 0.2) is 29.2 Å². The molecule has 0 aliphatic rings. The van der Waals surface area contributed by atoms with Gasteiger partial charge in [0.05, 0.1) is 4.90 Å². The van der Waals surface area contributed by atoms with E-state index >= 15 is 0 Å². The minimum Gasteiger partial charge on any atom is -0.385 e. The Balaban J connectivity index is 2.49. The summed E-state index contributed by atoms with van der Waals surface area (Å²) in [4.78, 5) is 0.138. The summed E-state index contributed by atoms with van der Waals surface area (Å²) in [5.41, 5.74) is 1.02. The highest BCUT2D eigenvalue weighted by Gasteiger charge is 2.07. The van der Waals surface area contributed by atoms with Crippen molar-refractivity contribution in [1.82, 2.24) is 5.32 Å². The van der Waals surface area contributed by atoms with E-state index in [1.165, 1.54) is 12.1 Å². The molecule has 102 valence electrons. The molecule has 1 aromatic rings.